The minimum absolute atomic E-state index is 0.282. The van der Waals surface area contributed by atoms with Crippen molar-refractivity contribution in [2.75, 3.05) is 24.6 Å². The SMILES string of the molecule is CCN(CC)[C@H]1CCS(=O)(=O)C1. The largest absolute Gasteiger partial charge is 0.300 e. The van der Waals surface area contributed by atoms with Crippen molar-refractivity contribution in [3.63, 3.8) is 0 Å². The molecule has 1 heterocycles. The normalized spacial score (nSPS) is 28.1. The van der Waals surface area contributed by atoms with E-state index in [9.17, 15) is 8.42 Å². The molecular weight excluding hydrogens is 174 g/mol. The van der Waals surface area contributed by atoms with Crippen LogP contribution < -0.4 is 0 Å². The van der Waals surface area contributed by atoms with E-state index in [0.717, 1.165) is 19.5 Å². The van der Waals surface area contributed by atoms with Gasteiger partial charge in [-0.3, -0.25) is 4.90 Å². The molecule has 0 aromatic carbocycles. The van der Waals surface area contributed by atoms with Crippen molar-refractivity contribution in [3.8, 4) is 0 Å². The fourth-order valence-electron chi connectivity index (χ4n) is 1.80. The maximum absolute atomic E-state index is 11.2. The minimum atomic E-state index is -2.70. The Bertz CT molecular complexity index is 231. The molecule has 1 atom stereocenters. The topological polar surface area (TPSA) is 37.4 Å². The highest BCUT2D eigenvalue weighted by atomic mass is 32.2. The second-order valence-corrected chi connectivity index (χ2v) is 5.51. The van der Waals surface area contributed by atoms with Crippen molar-refractivity contribution < 1.29 is 8.42 Å². The fraction of sp³-hybridized carbons (Fsp3) is 1.00. The maximum atomic E-state index is 11.2. The molecule has 0 saturated carbocycles. The molecule has 0 N–H and O–H groups in total. The first-order chi connectivity index (χ1) is 5.59. The first-order valence-corrected chi connectivity index (χ1v) is 6.35. The molecule has 0 aromatic rings. The molecule has 1 aliphatic rings. The third kappa shape index (κ3) is 2.20. The van der Waals surface area contributed by atoms with Crippen molar-refractivity contribution in [1.29, 1.82) is 0 Å². The van der Waals surface area contributed by atoms with Crippen LogP contribution in [0.3, 0.4) is 0 Å². The smallest absolute Gasteiger partial charge is 0.151 e. The molecule has 1 aliphatic heterocycles. The summed E-state index contributed by atoms with van der Waals surface area (Å²) >= 11 is 0. The van der Waals surface area contributed by atoms with Gasteiger partial charge in [-0.1, -0.05) is 13.8 Å². The Morgan fingerprint density at radius 1 is 1.33 bits per heavy atom. The Kier molecular flexibility index (Phi) is 3.12. The average Bonchev–Trinajstić information content (AvgIpc) is 2.34. The standard InChI is InChI=1S/C8H17NO2S/c1-3-9(4-2)8-5-6-12(10,11)7-8/h8H,3-7H2,1-2H3/t8-/m0/s1. The number of nitrogens with zero attached hydrogens (tertiary/aromatic N) is 1. The van der Waals surface area contributed by atoms with Crippen LogP contribution in [0.5, 0.6) is 0 Å². The lowest BCUT2D eigenvalue weighted by Crippen LogP contribution is -2.35. The summed E-state index contributed by atoms with van der Waals surface area (Å²) < 4.78 is 22.3. The van der Waals surface area contributed by atoms with E-state index in [2.05, 4.69) is 18.7 Å². The van der Waals surface area contributed by atoms with Gasteiger partial charge in [-0.2, -0.15) is 0 Å². The number of rotatable bonds is 3. The quantitative estimate of drug-likeness (QED) is 0.652. The van der Waals surface area contributed by atoms with Crippen molar-refractivity contribution in [3.05, 3.63) is 0 Å². The minimum Gasteiger partial charge on any atom is -0.300 e. The Hall–Kier alpha value is -0.0900. The van der Waals surface area contributed by atoms with Crippen LogP contribution in [0, 0.1) is 0 Å². The monoisotopic (exact) mass is 191 g/mol. The number of hydrogen-bond acceptors (Lipinski definition) is 3. The molecule has 1 rings (SSSR count). The zero-order chi connectivity index (χ0) is 9.19. The van der Waals surface area contributed by atoms with E-state index in [0.29, 0.717) is 11.5 Å². The van der Waals surface area contributed by atoms with Crippen LogP contribution in [0.2, 0.25) is 0 Å². The summed E-state index contributed by atoms with van der Waals surface area (Å²) in [5.74, 6) is 0.753. The summed E-state index contributed by atoms with van der Waals surface area (Å²) in [6.45, 7) is 6.07. The lowest BCUT2D eigenvalue weighted by molar-refractivity contribution is 0.236. The van der Waals surface area contributed by atoms with E-state index in [1.54, 1.807) is 0 Å². The molecule has 0 unspecified atom stereocenters. The van der Waals surface area contributed by atoms with Gasteiger partial charge < -0.3 is 0 Å². The molecule has 1 fully saturated rings. The third-order valence-corrected chi connectivity index (χ3v) is 4.29. The van der Waals surface area contributed by atoms with Gasteiger partial charge >= 0.3 is 0 Å². The van der Waals surface area contributed by atoms with Gasteiger partial charge in [0.1, 0.15) is 0 Å². The first-order valence-electron chi connectivity index (χ1n) is 4.53. The molecule has 72 valence electrons. The molecule has 0 radical (unpaired) electrons. The predicted octanol–water partition coefficient (Wildman–Crippen LogP) is 0.515. The van der Waals surface area contributed by atoms with Gasteiger partial charge in [0.15, 0.2) is 9.84 Å². The highest BCUT2D eigenvalue weighted by Gasteiger charge is 2.30. The number of hydrogen-bond donors (Lipinski definition) is 0. The molecule has 0 aromatic heterocycles. The summed E-state index contributed by atoms with van der Waals surface area (Å²) in [5, 5.41) is 0. The molecule has 0 aliphatic carbocycles. The summed E-state index contributed by atoms with van der Waals surface area (Å²) in [6.07, 6.45) is 0.823. The van der Waals surface area contributed by atoms with E-state index in [-0.39, 0.29) is 6.04 Å². The zero-order valence-corrected chi connectivity index (χ0v) is 8.60. The molecule has 1 saturated heterocycles. The van der Waals surface area contributed by atoms with E-state index >= 15 is 0 Å². The Morgan fingerprint density at radius 3 is 2.25 bits per heavy atom. The fourth-order valence-corrected chi connectivity index (χ4v) is 3.56. The van der Waals surface area contributed by atoms with E-state index < -0.39 is 9.84 Å². The highest BCUT2D eigenvalue weighted by molar-refractivity contribution is 7.91. The van der Waals surface area contributed by atoms with E-state index in [4.69, 9.17) is 0 Å². The van der Waals surface area contributed by atoms with Crippen molar-refractivity contribution in [2.24, 2.45) is 0 Å². The van der Waals surface area contributed by atoms with Gasteiger partial charge in [0.05, 0.1) is 11.5 Å². The van der Waals surface area contributed by atoms with Gasteiger partial charge in [-0.25, -0.2) is 8.42 Å². The Balaban J connectivity index is 2.56. The molecule has 0 bridgehead atoms. The van der Waals surface area contributed by atoms with Gasteiger partial charge in [-0.15, -0.1) is 0 Å². The highest BCUT2D eigenvalue weighted by Crippen LogP contribution is 2.16. The van der Waals surface area contributed by atoms with Gasteiger partial charge in [0, 0.05) is 6.04 Å². The summed E-state index contributed by atoms with van der Waals surface area (Å²) in [5.41, 5.74) is 0. The molecule has 0 amide bonds. The van der Waals surface area contributed by atoms with E-state index in [1.807, 2.05) is 0 Å². The molecular formula is C8H17NO2S. The van der Waals surface area contributed by atoms with Crippen LogP contribution >= 0.6 is 0 Å². The zero-order valence-electron chi connectivity index (χ0n) is 7.78. The summed E-state index contributed by atoms with van der Waals surface area (Å²) in [6, 6.07) is 0.282. The van der Waals surface area contributed by atoms with Crippen LogP contribution in [0.4, 0.5) is 0 Å². The van der Waals surface area contributed by atoms with Crippen molar-refractivity contribution in [2.45, 2.75) is 26.3 Å². The van der Waals surface area contributed by atoms with E-state index in [1.165, 1.54) is 0 Å². The first kappa shape index (κ1) is 9.99. The van der Waals surface area contributed by atoms with Gasteiger partial charge in [0.25, 0.3) is 0 Å². The van der Waals surface area contributed by atoms with Crippen LogP contribution in [-0.2, 0) is 9.84 Å². The lowest BCUT2D eigenvalue weighted by atomic mass is 10.2. The van der Waals surface area contributed by atoms with Crippen LogP contribution in [0.15, 0.2) is 0 Å². The van der Waals surface area contributed by atoms with Crippen LogP contribution in [-0.4, -0.2) is 44.0 Å². The molecule has 12 heavy (non-hydrogen) atoms. The summed E-state index contributed by atoms with van der Waals surface area (Å²) in [7, 11) is -2.70. The summed E-state index contributed by atoms with van der Waals surface area (Å²) in [4.78, 5) is 2.23. The number of sulfone groups is 1. The third-order valence-electron chi connectivity index (χ3n) is 2.54. The lowest BCUT2D eigenvalue weighted by Gasteiger charge is -2.24. The molecule has 0 spiro atoms. The second kappa shape index (κ2) is 3.75. The predicted molar refractivity (Wildman–Crippen MR) is 50.0 cm³/mol. The van der Waals surface area contributed by atoms with Crippen LogP contribution in [0.1, 0.15) is 20.3 Å². The maximum Gasteiger partial charge on any atom is 0.151 e. The Morgan fingerprint density at radius 2 is 1.92 bits per heavy atom. The van der Waals surface area contributed by atoms with Crippen molar-refractivity contribution in [1.82, 2.24) is 4.90 Å². The molecule has 3 nitrogen and oxygen atoms in total. The molecule has 4 heteroatoms. The van der Waals surface area contributed by atoms with Gasteiger partial charge in [-0.05, 0) is 19.5 Å². The van der Waals surface area contributed by atoms with Crippen LogP contribution in [0.25, 0.3) is 0 Å². The average molecular weight is 191 g/mol. The van der Waals surface area contributed by atoms with Gasteiger partial charge in [0.2, 0.25) is 0 Å². The Labute approximate surface area is 74.7 Å². The van der Waals surface area contributed by atoms with Crippen molar-refractivity contribution >= 4 is 9.84 Å². The second-order valence-electron chi connectivity index (χ2n) is 3.28.